The van der Waals surface area contributed by atoms with Crippen LogP contribution in [0.3, 0.4) is 0 Å². The van der Waals surface area contributed by atoms with Crippen molar-refractivity contribution < 1.29 is 4.79 Å². The molecule has 0 bridgehead atoms. The van der Waals surface area contributed by atoms with Crippen LogP contribution in [0.2, 0.25) is 15.1 Å². The number of halogens is 3. The molecule has 9 heteroatoms. The summed E-state index contributed by atoms with van der Waals surface area (Å²) in [5.41, 5.74) is 8.02. The summed E-state index contributed by atoms with van der Waals surface area (Å²) in [6, 6.07) is 11.8. The first-order valence-corrected chi connectivity index (χ1v) is 9.44. The van der Waals surface area contributed by atoms with E-state index in [-0.39, 0.29) is 0 Å². The van der Waals surface area contributed by atoms with E-state index >= 15 is 0 Å². The van der Waals surface area contributed by atoms with Gasteiger partial charge in [0.05, 0.1) is 20.6 Å². The third-order valence-corrected chi connectivity index (χ3v) is 5.56. The molecule has 0 saturated heterocycles. The van der Waals surface area contributed by atoms with Crippen LogP contribution in [0.15, 0.2) is 53.7 Å². The smallest absolute Gasteiger partial charge is 0.248 e. The van der Waals surface area contributed by atoms with E-state index in [0.717, 1.165) is 0 Å². The number of carbonyl (C=O) groups excluding carboxylic acids is 1. The Hall–Kier alpha value is -2.54. The molecule has 1 aliphatic rings. The highest BCUT2D eigenvalue weighted by Gasteiger charge is 2.33. The first kappa shape index (κ1) is 18.8. The maximum absolute atomic E-state index is 12.2. The van der Waals surface area contributed by atoms with E-state index in [0.29, 0.717) is 49.2 Å². The Balaban J connectivity index is 1.92. The molecule has 4 rings (SSSR count). The fraction of sp³-hybridized carbons (Fsp3) is 0.105. The number of hydrogen-bond acceptors (Lipinski definition) is 4. The molecular weight excluding hydrogens is 421 g/mol. The molecule has 6 nitrogen and oxygen atoms in total. The molecule has 3 N–H and O–H groups in total. The van der Waals surface area contributed by atoms with E-state index in [1.807, 2.05) is 18.2 Å². The van der Waals surface area contributed by atoms with Crippen LogP contribution >= 0.6 is 34.8 Å². The van der Waals surface area contributed by atoms with Crippen LogP contribution < -0.4 is 11.1 Å². The highest BCUT2D eigenvalue weighted by Crippen LogP contribution is 2.38. The average Bonchev–Trinajstić information content (AvgIpc) is 3.06. The van der Waals surface area contributed by atoms with Crippen molar-refractivity contribution in [2.45, 2.75) is 13.0 Å². The molecule has 0 spiro atoms. The van der Waals surface area contributed by atoms with E-state index in [1.54, 1.807) is 35.9 Å². The molecule has 142 valence electrons. The number of fused-ring (bicyclic) bond motifs is 1. The second-order valence-corrected chi connectivity index (χ2v) is 7.51. The summed E-state index contributed by atoms with van der Waals surface area (Å²) in [5.74, 6) is 0.326. The van der Waals surface area contributed by atoms with Crippen LogP contribution in [0.5, 0.6) is 0 Å². The topological polar surface area (TPSA) is 85.8 Å². The monoisotopic (exact) mass is 433 g/mol. The predicted molar refractivity (Wildman–Crippen MR) is 111 cm³/mol. The standard InChI is InChI=1S/C19H14Cl3N5O/c1-9-15(17(23)28)16(10-6-7-13(21)14(22)8-10)27-19(24-9)25-18(26-27)11-4-2-3-5-12(11)20/h2-8,16H,1H3,(H2,23,28)(H,24,25,26). The van der Waals surface area contributed by atoms with Crippen LogP contribution in [0, 0.1) is 0 Å². The molecule has 0 aliphatic carbocycles. The lowest BCUT2D eigenvalue weighted by atomic mass is 9.95. The van der Waals surface area contributed by atoms with Gasteiger partial charge in [-0.3, -0.25) is 4.79 Å². The Labute approximate surface area is 175 Å². The fourth-order valence-corrected chi connectivity index (χ4v) is 3.74. The molecule has 0 radical (unpaired) electrons. The third kappa shape index (κ3) is 3.13. The Kier molecular flexibility index (Phi) is 4.79. The first-order valence-electron chi connectivity index (χ1n) is 8.31. The number of rotatable bonds is 3. The molecule has 1 aromatic heterocycles. The van der Waals surface area contributed by atoms with Crippen LogP contribution in [0.1, 0.15) is 18.5 Å². The zero-order valence-electron chi connectivity index (χ0n) is 14.6. The van der Waals surface area contributed by atoms with E-state index in [9.17, 15) is 4.79 Å². The van der Waals surface area contributed by atoms with Gasteiger partial charge in [-0.2, -0.15) is 4.98 Å². The van der Waals surface area contributed by atoms with E-state index < -0.39 is 11.9 Å². The van der Waals surface area contributed by atoms with Gasteiger partial charge in [-0.25, -0.2) is 4.68 Å². The minimum atomic E-state index is -0.604. The number of carbonyl (C=O) groups is 1. The minimum Gasteiger partial charge on any atom is -0.366 e. The Bertz CT molecular complexity index is 1140. The van der Waals surface area contributed by atoms with Crippen molar-refractivity contribution in [3.8, 4) is 11.4 Å². The highest BCUT2D eigenvalue weighted by atomic mass is 35.5. The van der Waals surface area contributed by atoms with Crippen LogP contribution in [0.4, 0.5) is 5.95 Å². The molecule has 0 saturated carbocycles. The van der Waals surface area contributed by atoms with Crippen molar-refractivity contribution in [1.82, 2.24) is 14.8 Å². The lowest BCUT2D eigenvalue weighted by molar-refractivity contribution is -0.115. The van der Waals surface area contributed by atoms with Crippen molar-refractivity contribution in [1.29, 1.82) is 0 Å². The fourth-order valence-electron chi connectivity index (χ4n) is 3.22. The molecule has 2 aromatic carbocycles. The van der Waals surface area contributed by atoms with Crippen molar-refractivity contribution in [3.63, 3.8) is 0 Å². The van der Waals surface area contributed by atoms with Gasteiger partial charge in [0.25, 0.3) is 0 Å². The van der Waals surface area contributed by atoms with Gasteiger partial charge < -0.3 is 11.1 Å². The summed E-state index contributed by atoms with van der Waals surface area (Å²) >= 11 is 18.6. The van der Waals surface area contributed by atoms with E-state index in [1.165, 1.54) is 0 Å². The summed E-state index contributed by atoms with van der Waals surface area (Å²) in [6.45, 7) is 1.76. The number of nitrogens with two attached hydrogens (primary N) is 1. The highest BCUT2D eigenvalue weighted by molar-refractivity contribution is 6.42. The first-order chi connectivity index (χ1) is 13.4. The number of benzene rings is 2. The molecule has 0 fully saturated rings. The summed E-state index contributed by atoms with van der Waals surface area (Å²) in [5, 5.41) is 9.00. The Morgan fingerprint density at radius 3 is 2.54 bits per heavy atom. The largest absolute Gasteiger partial charge is 0.366 e. The van der Waals surface area contributed by atoms with Crippen molar-refractivity contribution in [2.24, 2.45) is 5.73 Å². The van der Waals surface area contributed by atoms with Gasteiger partial charge in [0.2, 0.25) is 11.9 Å². The van der Waals surface area contributed by atoms with E-state index in [4.69, 9.17) is 40.5 Å². The summed E-state index contributed by atoms with van der Waals surface area (Å²) in [7, 11) is 0. The lowest BCUT2D eigenvalue weighted by Crippen LogP contribution is -2.31. The molecule has 3 aromatic rings. The summed E-state index contributed by atoms with van der Waals surface area (Å²) in [4.78, 5) is 16.8. The number of nitrogens with zero attached hydrogens (tertiary/aromatic N) is 3. The number of amides is 1. The molecule has 28 heavy (non-hydrogen) atoms. The second-order valence-electron chi connectivity index (χ2n) is 6.29. The maximum atomic E-state index is 12.2. The molecular formula is C19H14Cl3N5O. The zero-order chi connectivity index (χ0) is 20.0. The number of anilines is 1. The van der Waals surface area contributed by atoms with Gasteiger partial charge in [-0.1, -0.05) is 53.0 Å². The number of aromatic nitrogens is 3. The Morgan fingerprint density at radius 1 is 1.11 bits per heavy atom. The molecule has 1 unspecified atom stereocenters. The van der Waals surface area contributed by atoms with Gasteiger partial charge in [-0.05, 0) is 36.8 Å². The lowest BCUT2D eigenvalue weighted by Gasteiger charge is -2.27. The number of nitrogens with one attached hydrogen (secondary N) is 1. The summed E-state index contributed by atoms with van der Waals surface area (Å²) < 4.78 is 1.60. The molecule has 1 amide bonds. The van der Waals surface area contributed by atoms with Gasteiger partial charge in [0.1, 0.15) is 6.04 Å². The molecule has 2 heterocycles. The molecule has 1 aliphatic heterocycles. The van der Waals surface area contributed by atoms with Gasteiger partial charge >= 0.3 is 0 Å². The van der Waals surface area contributed by atoms with Crippen molar-refractivity contribution in [3.05, 3.63) is 74.4 Å². The van der Waals surface area contributed by atoms with Gasteiger partial charge in [0, 0.05) is 11.3 Å². The average molecular weight is 435 g/mol. The summed E-state index contributed by atoms with van der Waals surface area (Å²) in [6.07, 6.45) is 0. The quantitative estimate of drug-likeness (QED) is 0.627. The van der Waals surface area contributed by atoms with Crippen molar-refractivity contribution in [2.75, 3.05) is 5.32 Å². The normalized spacial score (nSPS) is 15.9. The number of primary amides is 1. The number of hydrogen-bond donors (Lipinski definition) is 2. The zero-order valence-corrected chi connectivity index (χ0v) is 16.8. The van der Waals surface area contributed by atoms with Crippen LogP contribution in [0.25, 0.3) is 11.4 Å². The SMILES string of the molecule is CC1=C(C(N)=O)C(c2ccc(Cl)c(Cl)c2)n2nc(-c3ccccc3Cl)nc2N1. The predicted octanol–water partition coefficient (Wildman–Crippen LogP) is 4.68. The van der Waals surface area contributed by atoms with E-state index in [2.05, 4.69) is 15.4 Å². The minimum absolute atomic E-state index is 0.362. The number of allylic oxidation sites excluding steroid dienone is 1. The van der Waals surface area contributed by atoms with Gasteiger partial charge in [0.15, 0.2) is 5.82 Å². The maximum Gasteiger partial charge on any atom is 0.248 e. The molecule has 1 atom stereocenters. The second kappa shape index (κ2) is 7.13. The van der Waals surface area contributed by atoms with Crippen LogP contribution in [-0.2, 0) is 4.79 Å². The Morgan fingerprint density at radius 2 is 1.86 bits per heavy atom. The van der Waals surface area contributed by atoms with Crippen LogP contribution in [-0.4, -0.2) is 20.7 Å². The van der Waals surface area contributed by atoms with Crippen molar-refractivity contribution >= 4 is 46.7 Å². The van der Waals surface area contributed by atoms with Gasteiger partial charge in [-0.15, -0.1) is 5.10 Å². The third-order valence-electron chi connectivity index (χ3n) is 4.49.